The minimum atomic E-state index is -0.573. The van der Waals surface area contributed by atoms with Gasteiger partial charge in [0.15, 0.2) is 0 Å². The van der Waals surface area contributed by atoms with Gasteiger partial charge in [0.2, 0.25) is 0 Å². The van der Waals surface area contributed by atoms with Crippen molar-refractivity contribution in [2.45, 2.75) is 71.9 Å². The van der Waals surface area contributed by atoms with Gasteiger partial charge in [-0.15, -0.1) is 0 Å². The summed E-state index contributed by atoms with van der Waals surface area (Å²) in [5.41, 5.74) is 0.216. The fraction of sp³-hybridized carbons (Fsp3) is 0.444. The molecule has 6 nitrogen and oxygen atoms in total. The number of urea groups is 1. The second kappa shape index (κ2) is 11.2. The molecule has 8 heteroatoms. The Labute approximate surface area is 211 Å². The summed E-state index contributed by atoms with van der Waals surface area (Å²) in [7, 11) is 0. The molecule has 188 valence electrons. The standard InChI is InChI=1S/C27H34ClFN4O2/c1-6-8-11-16-32(26(35)31-27(3,4)5)23(7-2)24-30-22-13-10-9-12-19(22)25(34)33(24)18-14-15-21(29)20(28)17-18/h9-10,12-15,17,23H,6-8,11,16H2,1-5H3,(H,31,35). The largest absolute Gasteiger partial charge is 0.333 e. The van der Waals surface area contributed by atoms with E-state index in [4.69, 9.17) is 16.6 Å². The number of fused-ring (bicyclic) bond motifs is 1. The van der Waals surface area contributed by atoms with Gasteiger partial charge in [-0.25, -0.2) is 14.2 Å². The Morgan fingerprint density at radius 3 is 2.51 bits per heavy atom. The molecule has 3 aromatic rings. The third-order valence-corrected chi connectivity index (χ3v) is 6.06. The average molecular weight is 501 g/mol. The van der Waals surface area contributed by atoms with Gasteiger partial charge in [0.25, 0.3) is 5.56 Å². The number of amides is 2. The summed E-state index contributed by atoms with van der Waals surface area (Å²) in [5.74, 6) is -0.156. The Bertz CT molecular complexity index is 1250. The first-order chi connectivity index (χ1) is 16.6. The average Bonchev–Trinajstić information content (AvgIpc) is 2.79. The zero-order chi connectivity index (χ0) is 25.8. The number of halogens is 2. The molecule has 0 radical (unpaired) electrons. The Hall–Kier alpha value is -2.93. The number of carbonyl (C=O) groups is 1. The number of benzene rings is 2. The number of nitrogens with one attached hydrogen (secondary N) is 1. The number of unbranched alkanes of at least 4 members (excludes halogenated alkanes) is 2. The lowest BCUT2D eigenvalue weighted by atomic mass is 10.1. The predicted octanol–water partition coefficient (Wildman–Crippen LogP) is 6.63. The van der Waals surface area contributed by atoms with Crippen LogP contribution in [0.4, 0.5) is 9.18 Å². The van der Waals surface area contributed by atoms with Crippen LogP contribution < -0.4 is 10.9 Å². The van der Waals surface area contributed by atoms with Gasteiger partial charge in [-0.3, -0.25) is 9.36 Å². The molecule has 0 bridgehead atoms. The van der Waals surface area contributed by atoms with Crippen LogP contribution in [0.5, 0.6) is 0 Å². The topological polar surface area (TPSA) is 67.2 Å². The minimum Gasteiger partial charge on any atom is -0.333 e. The van der Waals surface area contributed by atoms with Gasteiger partial charge in [-0.1, -0.05) is 50.4 Å². The molecule has 1 heterocycles. The van der Waals surface area contributed by atoms with Crippen LogP contribution in [0.15, 0.2) is 47.3 Å². The van der Waals surface area contributed by atoms with Gasteiger partial charge < -0.3 is 10.2 Å². The van der Waals surface area contributed by atoms with Crippen molar-refractivity contribution in [2.24, 2.45) is 0 Å². The normalized spacial score (nSPS) is 12.5. The quantitative estimate of drug-likeness (QED) is 0.353. The monoisotopic (exact) mass is 500 g/mol. The highest BCUT2D eigenvalue weighted by Crippen LogP contribution is 2.28. The predicted molar refractivity (Wildman–Crippen MR) is 140 cm³/mol. The summed E-state index contributed by atoms with van der Waals surface area (Å²) in [6, 6.07) is 10.5. The Morgan fingerprint density at radius 2 is 1.89 bits per heavy atom. The smallest absolute Gasteiger partial charge is 0.318 e. The van der Waals surface area contributed by atoms with Crippen molar-refractivity contribution in [3.8, 4) is 5.69 Å². The SMILES string of the molecule is CCCCCN(C(=O)NC(C)(C)C)C(CC)c1nc2ccccc2c(=O)n1-c1ccc(F)c(Cl)c1. The second-order valence-electron chi connectivity index (χ2n) is 9.73. The number of para-hydroxylation sites is 1. The van der Waals surface area contributed by atoms with E-state index in [1.807, 2.05) is 33.8 Å². The number of aromatic nitrogens is 2. The summed E-state index contributed by atoms with van der Waals surface area (Å²) in [4.78, 5) is 33.8. The van der Waals surface area contributed by atoms with Gasteiger partial charge in [-0.2, -0.15) is 0 Å². The van der Waals surface area contributed by atoms with Crippen molar-refractivity contribution < 1.29 is 9.18 Å². The van der Waals surface area contributed by atoms with Crippen molar-refractivity contribution in [1.29, 1.82) is 0 Å². The van der Waals surface area contributed by atoms with Crippen molar-refractivity contribution >= 4 is 28.5 Å². The molecule has 3 rings (SSSR count). The molecule has 0 aliphatic carbocycles. The molecule has 1 aromatic heterocycles. The maximum absolute atomic E-state index is 14.0. The molecule has 2 amide bonds. The minimum absolute atomic E-state index is 0.0909. The van der Waals surface area contributed by atoms with E-state index in [1.165, 1.54) is 22.8 Å². The maximum atomic E-state index is 14.0. The Kier molecular flexibility index (Phi) is 8.54. The highest BCUT2D eigenvalue weighted by molar-refractivity contribution is 6.30. The molecule has 1 N–H and O–H groups in total. The van der Waals surface area contributed by atoms with E-state index in [-0.39, 0.29) is 16.6 Å². The number of nitrogens with zero attached hydrogens (tertiary/aromatic N) is 3. The van der Waals surface area contributed by atoms with E-state index < -0.39 is 17.4 Å². The van der Waals surface area contributed by atoms with Crippen molar-refractivity contribution in [3.05, 3.63) is 69.5 Å². The summed E-state index contributed by atoms with van der Waals surface area (Å²) in [6.45, 7) is 10.4. The number of rotatable bonds is 8. The van der Waals surface area contributed by atoms with Gasteiger partial charge in [0.1, 0.15) is 11.6 Å². The molecule has 0 saturated carbocycles. The maximum Gasteiger partial charge on any atom is 0.318 e. The van der Waals surface area contributed by atoms with Crippen LogP contribution in [0.2, 0.25) is 5.02 Å². The summed E-state index contributed by atoms with van der Waals surface area (Å²) in [6.07, 6.45) is 3.34. The highest BCUT2D eigenvalue weighted by Gasteiger charge is 2.30. The van der Waals surface area contributed by atoms with E-state index in [1.54, 1.807) is 23.1 Å². The van der Waals surface area contributed by atoms with E-state index in [2.05, 4.69) is 12.2 Å². The Balaban J connectivity index is 2.25. The lowest BCUT2D eigenvalue weighted by Gasteiger charge is -2.35. The fourth-order valence-electron chi connectivity index (χ4n) is 4.11. The van der Waals surface area contributed by atoms with Crippen molar-refractivity contribution in [1.82, 2.24) is 19.8 Å². The van der Waals surface area contributed by atoms with Crippen LogP contribution in [0, 0.1) is 5.82 Å². The first kappa shape index (κ1) is 26.7. The third kappa shape index (κ3) is 6.20. The summed E-state index contributed by atoms with van der Waals surface area (Å²) >= 11 is 6.08. The molecular formula is C27H34ClFN4O2. The second-order valence-corrected chi connectivity index (χ2v) is 10.1. The van der Waals surface area contributed by atoms with Crippen molar-refractivity contribution in [3.63, 3.8) is 0 Å². The van der Waals surface area contributed by atoms with Gasteiger partial charge >= 0.3 is 6.03 Å². The molecule has 1 atom stereocenters. The Morgan fingerprint density at radius 1 is 1.17 bits per heavy atom. The van der Waals surface area contributed by atoms with E-state index >= 15 is 0 Å². The zero-order valence-electron chi connectivity index (χ0n) is 21.1. The number of carbonyl (C=O) groups excluding carboxylic acids is 1. The van der Waals surface area contributed by atoms with Gasteiger partial charge in [0, 0.05) is 12.1 Å². The summed E-state index contributed by atoms with van der Waals surface area (Å²) in [5, 5.41) is 3.40. The molecule has 0 aliphatic heterocycles. The van der Waals surface area contributed by atoms with E-state index in [0.29, 0.717) is 35.4 Å². The zero-order valence-corrected chi connectivity index (χ0v) is 21.8. The van der Waals surface area contributed by atoms with Crippen molar-refractivity contribution in [2.75, 3.05) is 6.54 Å². The number of hydrogen-bond donors (Lipinski definition) is 1. The molecule has 2 aromatic carbocycles. The first-order valence-corrected chi connectivity index (χ1v) is 12.5. The van der Waals surface area contributed by atoms with Crippen LogP contribution in [0.3, 0.4) is 0 Å². The molecule has 1 unspecified atom stereocenters. The van der Waals surface area contributed by atoms with Crippen LogP contribution in [-0.4, -0.2) is 32.6 Å². The fourth-order valence-corrected chi connectivity index (χ4v) is 4.29. The third-order valence-electron chi connectivity index (χ3n) is 5.77. The molecule has 0 spiro atoms. The molecule has 0 aliphatic rings. The van der Waals surface area contributed by atoms with Gasteiger partial charge in [-0.05, 0) is 63.9 Å². The first-order valence-electron chi connectivity index (χ1n) is 12.1. The van der Waals surface area contributed by atoms with E-state index in [0.717, 1.165) is 19.3 Å². The van der Waals surface area contributed by atoms with Crippen LogP contribution in [0.25, 0.3) is 16.6 Å². The number of hydrogen-bond acceptors (Lipinski definition) is 3. The molecule has 0 saturated heterocycles. The lowest BCUT2D eigenvalue weighted by molar-refractivity contribution is 0.158. The van der Waals surface area contributed by atoms with Gasteiger partial charge in [0.05, 0.1) is 27.7 Å². The van der Waals surface area contributed by atoms with E-state index in [9.17, 15) is 14.0 Å². The molecule has 35 heavy (non-hydrogen) atoms. The van der Waals surface area contributed by atoms with Crippen LogP contribution >= 0.6 is 11.6 Å². The van der Waals surface area contributed by atoms with Crippen LogP contribution in [-0.2, 0) is 0 Å². The highest BCUT2D eigenvalue weighted by atomic mass is 35.5. The molecular weight excluding hydrogens is 467 g/mol. The van der Waals surface area contributed by atoms with Crippen LogP contribution in [0.1, 0.15) is 72.2 Å². The lowest BCUT2D eigenvalue weighted by Crippen LogP contribution is -2.50. The summed E-state index contributed by atoms with van der Waals surface area (Å²) < 4.78 is 15.4. The molecule has 0 fully saturated rings.